The molecule has 0 saturated carbocycles. The first-order valence-corrected chi connectivity index (χ1v) is 6.24. The summed E-state index contributed by atoms with van der Waals surface area (Å²) in [5.41, 5.74) is 5.32. The zero-order chi connectivity index (χ0) is 14.2. The Labute approximate surface area is 118 Å². The van der Waals surface area contributed by atoms with Crippen molar-refractivity contribution in [3.8, 4) is 5.75 Å². The molecule has 0 aromatic heterocycles. The van der Waals surface area contributed by atoms with Crippen LogP contribution in [0.3, 0.4) is 0 Å². The zero-order valence-electron chi connectivity index (χ0n) is 11.2. The lowest BCUT2D eigenvalue weighted by molar-refractivity contribution is 0.135. The molecule has 0 atom stereocenters. The zero-order valence-corrected chi connectivity index (χ0v) is 11.2. The Bertz CT molecular complexity index is 550. The van der Waals surface area contributed by atoms with Crippen LogP contribution in [0.25, 0.3) is 5.70 Å². The summed E-state index contributed by atoms with van der Waals surface area (Å²) in [6.07, 6.45) is 1.59. The first-order chi connectivity index (χ1) is 9.83. The number of aliphatic hydroxyl groups is 1. The van der Waals surface area contributed by atoms with Gasteiger partial charge in [-0.2, -0.15) is 0 Å². The van der Waals surface area contributed by atoms with Crippen LogP contribution in [0.5, 0.6) is 5.75 Å². The summed E-state index contributed by atoms with van der Waals surface area (Å²) in [7, 11) is 1.55. The van der Waals surface area contributed by atoms with E-state index in [0.717, 1.165) is 16.8 Å². The van der Waals surface area contributed by atoms with Crippen LogP contribution < -0.4 is 10.2 Å². The van der Waals surface area contributed by atoms with Crippen LogP contribution >= 0.6 is 0 Å². The molecule has 2 rings (SSSR count). The summed E-state index contributed by atoms with van der Waals surface area (Å²) in [6.45, 7) is 0.0244. The summed E-state index contributed by atoms with van der Waals surface area (Å²) in [5.74, 6) is 0.688. The highest BCUT2D eigenvalue weighted by Gasteiger charge is 2.01. The fourth-order valence-corrected chi connectivity index (χ4v) is 1.68. The summed E-state index contributed by atoms with van der Waals surface area (Å²) in [6, 6.07) is 17.0. The molecule has 20 heavy (non-hydrogen) atoms. The van der Waals surface area contributed by atoms with Crippen LogP contribution in [0.1, 0.15) is 11.1 Å². The van der Waals surface area contributed by atoms with E-state index in [9.17, 15) is 0 Å². The number of rotatable bonds is 6. The number of hydroxylamine groups is 1. The van der Waals surface area contributed by atoms with Gasteiger partial charge in [-0.15, -0.1) is 0 Å². The first kappa shape index (κ1) is 14.1. The van der Waals surface area contributed by atoms with Crippen molar-refractivity contribution in [1.29, 1.82) is 0 Å². The number of hydrogen-bond acceptors (Lipinski definition) is 4. The van der Waals surface area contributed by atoms with E-state index in [1.54, 1.807) is 25.5 Å². The van der Waals surface area contributed by atoms with E-state index < -0.39 is 0 Å². The van der Waals surface area contributed by atoms with Crippen molar-refractivity contribution < 1.29 is 14.7 Å². The molecule has 4 heteroatoms. The van der Waals surface area contributed by atoms with Gasteiger partial charge in [0.05, 0.1) is 13.7 Å². The minimum atomic E-state index is 0.0244. The number of hydrogen-bond donors (Lipinski definition) is 2. The highest BCUT2D eigenvalue weighted by Crippen LogP contribution is 2.16. The maximum atomic E-state index is 8.99. The molecule has 104 valence electrons. The molecule has 0 spiro atoms. The van der Waals surface area contributed by atoms with Gasteiger partial charge < -0.3 is 9.84 Å². The van der Waals surface area contributed by atoms with Crippen LogP contribution in [-0.4, -0.2) is 12.2 Å². The lowest BCUT2D eigenvalue weighted by atomic mass is 10.2. The lowest BCUT2D eigenvalue weighted by Gasteiger charge is -2.09. The van der Waals surface area contributed by atoms with E-state index in [4.69, 9.17) is 14.7 Å². The molecule has 0 fully saturated rings. The number of aliphatic hydroxyl groups excluding tert-OH is 1. The molecule has 2 aromatic carbocycles. The minimum Gasteiger partial charge on any atom is -0.463 e. The minimum absolute atomic E-state index is 0.0244. The molecular formula is C16H17NO3. The fourth-order valence-electron chi connectivity index (χ4n) is 1.68. The van der Waals surface area contributed by atoms with Gasteiger partial charge >= 0.3 is 0 Å². The van der Waals surface area contributed by atoms with Gasteiger partial charge in [0.15, 0.2) is 0 Å². The normalized spacial score (nSPS) is 11.2. The van der Waals surface area contributed by atoms with Crippen molar-refractivity contribution in [1.82, 2.24) is 5.48 Å². The molecule has 0 amide bonds. The molecule has 0 unspecified atom stereocenters. The van der Waals surface area contributed by atoms with E-state index >= 15 is 0 Å². The summed E-state index contributed by atoms with van der Waals surface area (Å²) >= 11 is 0. The smallest absolute Gasteiger partial charge is 0.126 e. The predicted octanol–water partition coefficient (Wildman–Crippen LogP) is 2.71. The number of nitrogens with one attached hydrogen (secondary N) is 1. The Morgan fingerprint density at radius 3 is 2.40 bits per heavy atom. The van der Waals surface area contributed by atoms with Gasteiger partial charge in [-0.05, 0) is 17.7 Å². The van der Waals surface area contributed by atoms with Crippen LogP contribution in [-0.2, 0) is 11.4 Å². The highest BCUT2D eigenvalue weighted by atomic mass is 16.6. The third-order valence-electron chi connectivity index (χ3n) is 2.72. The number of benzene rings is 2. The van der Waals surface area contributed by atoms with Crippen LogP contribution in [0, 0.1) is 0 Å². The van der Waals surface area contributed by atoms with Gasteiger partial charge in [0, 0.05) is 5.56 Å². The molecule has 0 bridgehead atoms. The second-order valence-electron chi connectivity index (χ2n) is 4.12. The SMILES string of the molecule is CONC(=COc1ccc(CO)cc1)c1ccccc1. The first-order valence-electron chi connectivity index (χ1n) is 6.24. The van der Waals surface area contributed by atoms with Gasteiger partial charge in [0.2, 0.25) is 0 Å². The molecule has 2 N–H and O–H groups in total. The largest absolute Gasteiger partial charge is 0.463 e. The Morgan fingerprint density at radius 2 is 1.80 bits per heavy atom. The number of ether oxygens (including phenoxy) is 1. The molecule has 0 aliphatic rings. The van der Waals surface area contributed by atoms with Crippen molar-refractivity contribution in [3.05, 3.63) is 72.0 Å². The maximum absolute atomic E-state index is 8.99. The van der Waals surface area contributed by atoms with Gasteiger partial charge in [0.25, 0.3) is 0 Å². The van der Waals surface area contributed by atoms with Crippen LogP contribution in [0.2, 0.25) is 0 Å². The quantitative estimate of drug-likeness (QED) is 0.626. The van der Waals surface area contributed by atoms with Crippen molar-refractivity contribution in [2.75, 3.05) is 7.11 Å². The van der Waals surface area contributed by atoms with E-state index in [0.29, 0.717) is 5.75 Å². The van der Waals surface area contributed by atoms with E-state index in [2.05, 4.69) is 5.48 Å². The Balaban J connectivity index is 2.12. The monoisotopic (exact) mass is 271 g/mol. The predicted molar refractivity (Wildman–Crippen MR) is 77.6 cm³/mol. The molecule has 0 heterocycles. The average molecular weight is 271 g/mol. The Kier molecular flexibility index (Phi) is 5.17. The van der Waals surface area contributed by atoms with Gasteiger partial charge in [0.1, 0.15) is 17.7 Å². The Hall–Kier alpha value is -2.30. The standard InChI is InChI=1S/C16H17NO3/c1-19-17-16(14-5-3-2-4-6-14)12-20-15-9-7-13(11-18)8-10-15/h2-10,12,17-18H,11H2,1H3. The van der Waals surface area contributed by atoms with E-state index in [-0.39, 0.29) is 6.61 Å². The second kappa shape index (κ2) is 7.33. The third-order valence-corrected chi connectivity index (χ3v) is 2.72. The van der Waals surface area contributed by atoms with Crippen LogP contribution in [0.4, 0.5) is 0 Å². The van der Waals surface area contributed by atoms with Gasteiger partial charge in [-0.1, -0.05) is 42.5 Å². The fraction of sp³-hybridized carbons (Fsp3) is 0.125. The molecule has 0 radical (unpaired) electrons. The average Bonchev–Trinajstić information content (AvgIpc) is 2.53. The molecule has 0 aliphatic heterocycles. The van der Waals surface area contributed by atoms with Crippen molar-refractivity contribution in [2.24, 2.45) is 0 Å². The maximum Gasteiger partial charge on any atom is 0.126 e. The summed E-state index contributed by atoms with van der Waals surface area (Å²) < 4.78 is 5.59. The second-order valence-corrected chi connectivity index (χ2v) is 4.12. The molecule has 0 aliphatic carbocycles. The molecule has 2 aromatic rings. The van der Waals surface area contributed by atoms with E-state index in [1.165, 1.54) is 0 Å². The van der Waals surface area contributed by atoms with E-state index in [1.807, 2.05) is 42.5 Å². The molecule has 0 saturated heterocycles. The summed E-state index contributed by atoms with van der Waals surface area (Å²) in [4.78, 5) is 4.95. The topological polar surface area (TPSA) is 50.7 Å². The summed E-state index contributed by atoms with van der Waals surface area (Å²) in [5, 5.41) is 8.99. The third kappa shape index (κ3) is 3.85. The Morgan fingerprint density at radius 1 is 1.10 bits per heavy atom. The van der Waals surface area contributed by atoms with Crippen molar-refractivity contribution >= 4 is 5.70 Å². The van der Waals surface area contributed by atoms with Gasteiger partial charge in [-0.25, -0.2) is 0 Å². The van der Waals surface area contributed by atoms with Crippen LogP contribution in [0.15, 0.2) is 60.9 Å². The molecular weight excluding hydrogens is 254 g/mol. The lowest BCUT2D eigenvalue weighted by Crippen LogP contribution is -2.11. The highest BCUT2D eigenvalue weighted by molar-refractivity contribution is 5.62. The van der Waals surface area contributed by atoms with Gasteiger partial charge in [-0.3, -0.25) is 10.3 Å². The molecule has 4 nitrogen and oxygen atoms in total. The van der Waals surface area contributed by atoms with Crippen molar-refractivity contribution in [3.63, 3.8) is 0 Å². The van der Waals surface area contributed by atoms with Crippen molar-refractivity contribution in [2.45, 2.75) is 6.61 Å².